The van der Waals surface area contributed by atoms with Crippen molar-refractivity contribution in [1.82, 2.24) is 0 Å². The Balaban J connectivity index is 2.45. The highest BCUT2D eigenvalue weighted by molar-refractivity contribution is 7.32. The van der Waals surface area contributed by atoms with Gasteiger partial charge in [-0.25, -0.2) is 4.52 Å². The van der Waals surface area contributed by atoms with E-state index < -0.39 is 8.25 Å². The van der Waals surface area contributed by atoms with Crippen LogP contribution in [0.3, 0.4) is 0 Å². The van der Waals surface area contributed by atoms with E-state index in [2.05, 4.69) is 16.8 Å². The summed E-state index contributed by atoms with van der Waals surface area (Å²) in [6.07, 6.45) is 2.28. The van der Waals surface area contributed by atoms with Gasteiger partial charge in [0, 0.05) is 16.8 Å². The zero-order valence-corrected chi connectivity index (χ0v) is 9.54. The average Bonchev–Trinajstić information content (AvgIpc) is 2.20. The fourth-order valence-electron chi connectivity index (χ4n) is 1.13. The number of hydrogen-bond acceptors (Lipinski definition) is 3. The molecule has 1 rings (SSSR count). The average molecular weight is 228 g/mol. The molecule has 0 aromatic heterocycles. The minimum Gasteiger partial charge on any atom is -0.385 e. The van der Waals surface area contributed by atoms with Crippen molar-refractivity contribution < 1.29 is 14.0 Å². The summed E-state index contributed by atoms with van der Waals surface area (Å²) in [5, 5.41) is 3.24. The minimum atomic E-state index is -2.57. The number of hydrogen-bond donors (Lipinski definition) is 2. The van der Waals surface area contributed by atoms with E-state index in [4.69, 9.17) is 4.89 Å². The molecule has 0 aliphatic carbocycles. The molecule has 4 nitrogen and oxygen atoms in total. The zero-order chi connectivity index (χ0) is 11.1. The van der Waals surface area contributed by atoms with E-state index in [0.29, 0.717) is 5.75 Å². The standard InChI is InChI=1S/C10H14NO3P/c1-2-3-8-11-9-4-6-10(7-5-9)14-15(12)13/h4-7,11H,2-3,8H2,1H3/p+1. The first-order valence-corrected chi connectivity index (χ1v) is 6.03. The van der Waals surface area contributed by atoms with E-state index in [0.717, 1.165) is 25.1 Å². The molecule has 15 heavy (non-hydrogen) atoms. The molecule has 0 heterocycles. The van der Waals surface area contributed by atoms with Crippen LogP contribution in [0.4, 0.5) is 5.69 Å². The zero-order valence-electron chi connectivity index (χ0n) is 8.64. The molecule has 0 saturated carbocycles. The predicted molar refractivity (Wildman–Crippen MR) is 60.3 cm³/mol. The third kappa shape index (κ3) is 4.77. The van der Waals surface area contributed by atoms with Gasteiger partial charge in [0.15, 0.2) is 5.75 Å². The first-order valence-electron chi connectivity index (χ1n) is 4.90. The maximum Gasteiger partial charge on any atom is 0.747 e. The maximum atomic E-state index is 10.4. The molecule has 82 valence electrons. The molecule has 0 aliphatic rings. The van der Waals surface area contributed by atoms with E-state index in [1.165, 1.54) is 0 Å². The van der Waals surface area contributed by atoms with Gasteiger partial charge in [-0.3, -0.25) is 0 Å². The quantitative estimate of drug-likeness (QED) is 0.580. The first kappa shape index (κ1) is 12.0. The Kier molecular flexibility index (Phi) is 5.08. The third-order valence-corrected chi connectivity index (χ3v) is 2.26. The van der Waals surface area contributed by atoms with E-state index in [1.54, 1.807) is 12.1 Å². The molecule has 0 aliphatic heterocycles. The lowest BCUT2D eigenvalue weighted by molar-refractivity contribution is 0.410. The monoisotopic (exact) mass is 228 g/mol. The highest BCUT2D eigenvalue weighted by Crippen LogP contribution is 2.24. The minimum absolute atomic E-state index is 0.402. The Hall–Kier alpha value is -1.12. The summed E-state index contributed by atoms with van der Waals surface area (Å²) in [4.78, 5) is 8.52. The summed E-state index contributed by atoms with van der Waals surface area (Å²) in [5.41, 5.74) is 0.990. The Morgan fingerprint density at radius 2 is 2.07 bits per heavy atom. The number of anilines is 1. The van der Waals surface area contributed by atoms with E-state index in [1.807, 2.05) is 12.1 Å². The van der Waals surface area contributed by atoms with Crippen LogP contribution in [-0.2, 0) is 4.57 Å². The number of nitrogens with one attached hydrogen (secondary N) is 1. The molecular formula is C10H15NO3P+. The Morgan fingerprint density at radius 3 is 2.60 bits per heavy atom. The Labute approximate surface area is 90.2 Å². The van der Waals surface area contributed by atoms with Crippen molar-refractivity contribution in [1.29, 1.82) is 0 Å². The lowest BCUT2D eigenvalue weighted by Crippen LogP contribution is -2.00. The van der Waals surface area contributed by atoms with E-state index in [-0.39, 0.29) is 0 Å². The van der Waals surface area contributed by atoms with Gasteiger partial charge in [-0.1, -0.05) is 13.3 Å². The van der Waals surface area contributed by atoms with Crippen LogP contribution in [0.2, 0.25) is 0 Å². The van der Waals surface area contributed by atoms with Crippen LogP contribution in [0.25, 0.3) is 0 Å². The number of unbranched alkanes of at least 4 members (excludes halogenated alkanes) is 1. The van der Waals surface area contributed by atoms with Gasteiger partial charge in [0.1, 0.15) is 0 Å². The molecule has 0 saturated heterocycles. The molecule has 1 unspecified atom stereocenters. The van der Waals surface area contributed by atoms with E-state index >= 15 is 0 Å². The molecule has 2 N–H and O–H groups in total. The SMILES string of the molecule is CCCCNc1ccc(O[P+](=O)O)cc1. The summed E-state index contributed by atoms with van der Waals surface area (Å²) in [6, 6.07) is 6.98. The molecule has 0 radical (unpaired) electrons. The van der Waals surface area contributed by atoms with Gasteiger partial charge in [-0.2, -0.15) is 0 Å². The van der Waals surface area contributed by atoms with Crippen molar-refractivity contribution in [3.8, 4) is 5.75 Å². The van der Waals surface area contributed by atoms with Crippen molar-refractivity contribution in [3.63, 3.8) is 0 Å². The summed E-state index contributed by atoms with van der Waals surface area (Å²) in [5.74, 6) is 0.402. The second kappa shape index (κ2) is 6.38. The Bertz CT molecular complexity index is 313. The number of rotatable bonds is 6. The van der Waals surface area contributed by atoms with Crippen LogP contribution in [0.15, 0.2) is 24.3 Å². The van der Waals surface area contributed by atoms with Gasteiger partial charge in [-0.15, -0.1) is 4.89 Å². The largest absolute Gasteiger partial charge is 0.747 e. The molecule has 1 aromatic rings. The van der Waals surface area contributed by atoms with Crippen molar-refractivity contribution in [2.24, 2.45) is 0 Å². The van der Waals surface area contributed by atoms with Gasteiger partial charge in [0.05, 0.1) is 0 Å². The first-order chi connectivity index (χ1) is 7.22. The molecular weight excluding hydrogens is 213 g/mol. The molecule has 1 aromatic carbocycles. The van der Waals surface area contributed by atoms with Crippen LogP contribution >= 0.6 is 8.25 Å². The lowest BCUT2D eigenvalue weighted by atomic mass is 10.3. The van der Waals surface area contributed by atoms with Crippen molar-refractivity contribution in [3.05, 3.63) is 24.3 Å². The lowest BCUT2D eigenvalue weighted by Gasteiger charge is -2.04. The summed E-state index contributed by atoms with van der Waals surface area (Å²) < 4.78 is 15.0. The van der Waals surface area contributed by atoms with Crippen LogP contribution in [0.1, 0.15) is 19.8 Å². The normalized spacial score (nSPS) is 10.9. The molecule has 0 amide bonds. The molecule has 1 atom stereocenters. The highest BCUT2D eigenvalue weighted by Gasteiger charge is 2.13. The topological polar surface area (TPSA) is 58.6 Å². The number of benzene rings is 1. The van der Waals surface area contributed by atoms with Crippen molar-refractivity contribution >= 4 is 13.9 Å². The van der Waals surface area contributed by atoms with Gasteiger partial charge in [0.2, 0.25) is 0 Å². The third-order valence-electron chi connectivity index (χ3n) is 1.90. The highest BCUT2D eigenvalue weighted by atomic mass is 31.1. The summed E-state index contributed by atoms with van der Waals surface area (Å²) in [7, 11) is -2.57. The van der Waals surface area contributed by atoms with E-state index in [9.17, 15) is 4.57 Å². The second-order valence-corrected chi connectivity index (χ2v) is 3.79. The molecule has 0 spiro atoms. The van der Waals surface area contributed by atoms with Crippen LogP contribution in [0.5, 0.6) is 5.75 Å². The van der Waals surface area contributed by atoms with Crippen LogP contribution in [0, 0.1) is 0 Å². The summed E-state index contributed by atoms with van der Waals surface area (Å²) in [6.45, 7) is 3.07. The summed E-state index contributed by atoms with van der Waals surface area (Å²) >= 11 is 0. The van der Waals surface area contributed by atoms with Gasteiger partial charge >= 0.3 is 8.25 Å². The molecule has 0 fully saturated rings. The predicted octanol–water partition coefficient (Wildman–Crippen LogP) is 2.93. The fraction of sp³-hybridized carbons (Fsp3) is 0.400. The fourth-order valence-corrected chi connectivity index (χ4v) is 1.44. The van der Waals surface area contributed by atoms with Gasteiger partial charge in [-0.05, 0) is 30.7 Å². The second-order valence-electron chi connectivity index (χ2n) is 3.13. The van der Waals surface area contributed by atoms with Crippen LogP contribution < -0.4 is 9.84 Å². The smallest absolute Gasteiger partial charge is 0.385 e. The van der Waals surface area contributed by atoms with Crippen molar-refractivity contribution in [2.75, 3.05) is 11.9 Å². The van der Waals surface area contributed by atoms with Gasteiger partial charge < -0.3 is 5.32 Å². The molecule has 5 heteroatoms. The maximum absolute atomic E-state index is 10.4. The van der Waals surface area contributed by atoms with Crippen LogP contribution in [-0.4, -0.2) is 11.4 Å². The molecule has 0 bridgehead atoms. The van der Waals surface area contributed by atoms with Crippen molar-refractivity contribution in [2.45, 2.75) is 19.8 Å². The van der Waals surface area contributed by atoms with Gasteiger partial charge in [0.25, 0.3) is 0 Å². The Morgan fingerprint density at radius 1 is 1.40 bits per heavy atom.